The second kappa shape index (κ2) is 9.49. The van der Waals surface area contributed by atoms with E-state index in [0.717, 1.165) is 24.8 Å². The van der Waals surface area contributed by atoms with Gasteiger partial charge in [0.1, 0.15) is 0 Å². The van der Waals surface area contributed by atoms with Gasteiger partial charge in [0.25, 0.3) is 0 Å². The van der Waals surface area contributed by atoms with E-state index in [4.69, 9.17) is 5.11 Å². The van der Waals surface area contributed by atoms with E-state index >= 15 is 0 Å². The fourth-order valence-electron chi connectivity index (χ4n) is 1.58. The number of aliphatic hydroxyl groups is 1. The van der Waals surface area contributed by atoms with Crippen LogP contribution in [0.3, 0.4) is 0 Å². The molecule has 0 saturated heterocycles. The summed E-state index contributed by atoms with van der Waals surface area (Å²) in [6, 6.07) is 8.21. The Balaban J connectivity index is 2.17. The van der Waals surface area contributed by atoms with Crippen molar-refractivity contribution in [3.05, 3.63) is 33.4 Å². The molecule has 0 aromatic heterocycles. The number of hydrogen-bond acceptors (Lipinski definition) is 1. The van der Waals surface area contributed by atoms with Crippen molar-refractivity contribution in [3.63, 3.8) is 0 Å². The molecule has 0 aliphatic heterocycles. The first kappa shape index (κ1) is 14.5. The van der Waals surface area contributed by atoms with Gasteiger partial charge in [0.05, 0.1) is 0 Å². The molecule has 0 spiro atoms. The number of rotatable bonds is 6. The van der Waals surface area contributed by atoms with Crippen LogP contribution in [0.25, 0.3) is 0 Å². The predicted octanol–water partition coefficient (Wildman–Crippen LogP) is 3.98. The molecule has 0 fully saturated rings. The third-order valence-electron chi connectivity index (χ3n) is 2.56. The first-order valence-electron chi connectivity index (χ1n) is 6.19. The minimum absolute atomic E-state index is 0.326. The van der Waals surface area contributed by atoms with Crippen LogP contribution >= 0.6 is 22.6 Å². The van der Waals surface area contributed by atoms with Crippen LogP contribution in [0.1, 0.15) is 44.1 Å². The van der Waals surface area contributed by atoms with Gasteiger partial charge in [-0.1, -0.05) is 43.2 Å². The maximum atomic E-state index is 8.64. The average Bonchev–Trinajstić information content (AvgIpc) is 2.35. The number of unbranched alkanes of at least 4 members (excludes halogenated alkanes) is 5. The largest absolute Gasteiger partial charge is 0.396 e. The monoisotopic (exact) mass is 342 g/mol. The Morgan fingerprint density at radius 3 is 2.47 bits per heavy atom. The normalized spacial score (nSPS) is 9.76. The summed E-state index contributed by atoms with van der Waals surface area (Å²) >= 11 is 2.32. The summed E-state index contributed by atoms with van der Waals surface area (Å²) in [6.07, 6.45) is 6.66. The highest BCUT2D eigenvalue weighted by atomic mass is 127. The van der Waals surface area contributed by atoms with Crippen molar-refractivity contribution < 1.29 is 5.11 Å². The summed E-state index contributed by atoms with van der Waals surface area (Å²) in [4.78, 5) is 0. The van der Waals surface area contributed by atoms with Gasteiger partial charge in [-0.3, -0.25) is 0 Å². The van der Waals surface area contributed by atoms with Crippen LogP contribution in [-0.2, 0) is 0 Å². The molecule has 1 nitrogen and oxygen atoms in total. The SMILES string of the molecule is OCCCCCCCC#Cc1ccccc1I. The molecule has 17 heavy (non-hydrogen) atoms. The Kier molecular flexibility index (Phi) is 8.12. The van der Waals surface area contributed by atoms with Gasteiger partial charge in [-0.05, 0) is 47.6 Å². The van der Waals surface area contributed by atoms with Gasteiger partial charge in [0.2, 0.25) is 0 Å². The fourth-order valence-corrected chi connectivity index (χ4v) is 2.10. The van der Waals surface area contributed by atoms with Crippen LogP contribution in [0, 0.1) is 15.4 Å². The zero-order valence-corrected chi connectivity index (χ0v) is 12.2. The molecule has 1 aromatic rings. The Hall–Kier alpha value is -0.530. The lowest BCUT2D eigenvalue weighted by molar-refractivity contribution is 0.282. The average molecular weight is 342 g/mol. The lowest BCUT2D eigenvalue weighted by Gasteiger charge is -1.96. The molecular weight excluding hydrogens is 323 g/mol. The summed E-state index contributed by atoms with van der Waals surface area (Å²) in [6.45, 7) is 0.326. The standard InChI is InChI=1S/C15H19IO/c16-15-12-8-7-11-14(15)10-6-4-2-1-3-5-9-13-17/h7-8,11-12,17H,1-5,9,13H2. The molecule has 1 N–H and O–H groups in total. The summed E-state index contributed by atoms with van der Waals surface area (Å²) in [7, 11) is 0. The van der Waals surface area contributed by atoms with E-state index in [1.807, 2.05) is 12.1 Å². The number of hydrogen-bond donors (Lipinski definition) is 1. The molecule has 0 heterocycles. The van der Waals surface area contributed by atoms with E-state index in [9.17, 15) is 0 Å². The summed E-state index contributed by atoms with van der Waals surface area (Å²) in [5.74, 6) is 6.45. The van der Waals surface area contributed by atoms with E-state index in [-0.39, 0.29) is 0 Å². The number of halogens is 1. The summed E-state index contributed by atoms with van der Waals surface area (Å²) in [5, 5.41) is 8.64. The van der Waals surface area contributed by atoms with Gasteiger partial charge in [-0.2, -0.15) is 0 Å². The van der Waals surface area contributed by atoms with Gasteiger partial charge >= 0.3 is 0 Å². The van der Waals surface area contributed by atoms with Crippen LogP contribution in [0.4, 0.5) is 0 Å². The minimum atomic E-state index is 0.326. The van der Waals surface area contributed by atoms with E-state index in [1.54, 1.807) is 0 Å². The topological polar surface area (TPSA) is 20.2 Å². The van der Waals surface area contributed by atoms with Crippen molar-refractivity contribution in [2.24, 2.45) is 0 Å². The third kappa shape index (κ3) is 6.70. The van der Waals surface area contributed by atoms with Crippen molar-refractivity contribution in [2.45, 2.75) is 38.5 Å². The quantitative estimate of drug-likeness (QED) is 0.471. The van der Waals surface area contributed by atoms with Crippen molar-refractivity contribution >= 4 is 22.6 Å². The maximum absolute atomic E-state index is 8.64. The maximum Gasteiger partial charge on any atom is 0.0431 e. The summed E-state index contributed by atoms with van der Waals surface area (Å²) in [5.41, 5.74) is 1.13. The molecule has 2 heteroatoms. The van der Waals surface area contributed by atoms with Crippen molar-refractivity contribution in [1.82, 2.24) is 0 Å². The van der Waals surface area contributed by atoms with Crippen molar-refractivity contribution in [3.8, 4) is 11.8 Å². The van der Waals surface area contributed by atoms with Crippen LogP contribution < -0.4 is 0 Å². The smallest absolute Gasteiger partial charge is 0.0431 e. The molecule has 0 unspecified atom stereocenters. The van der Waals surface area contributed by atoms with Gasteiger partial charge < -0.3 is 5.11 Å². The van der Waals surface area contributed by atoms with Gasteiger partial charge in [0.15, 0.2) is 0 Å². The van der Waals surface area contributed by atoms with Gasteiger partial charge in [-0.25, -0.2) is 0 Å². The molecule has 1 aromatic carbocycles. The minimum Gasteiger partial charge on any atom is -0.396 e. The Morgan fingerprint density at radius 2 is 1.71 bits per heavy atom. The molecule has 0 radical (unpaired) electrons. The van der Waals surface area contributed by atoms with Crippen LogP contribution in [0.2, 0.25) is 0 Å². The highest BCUT2D eigenvalue weighted by Gasteiger charge is 1.92. The molecule has 1 rings (SSSR count). The first-order valence-corrected chi connectivity index (χ1v) is 7.26. The van der Waals surface area contributed by atoms with Crippen LogP contribution in [0.15, 0.2) is 24.3 Å². The highest BCUT2D eigenvalue weighted by Crippen LogP contribution is 2.10. The van der Waals surface area contributed by atoms with Gasteiger partial charge in [-0.15, -0.1) is 0 Å². The fraction of sp³-hybridized carbons (Fsp3) is 0.467. The number of benzene rings is 1. The van der Waals surface area contributed by atoms with Crippen molar-refractivity contribution in [2.75, 3.05) is 6.61 Å². The van der Waals surface area contributed by atoms with E-state index in [0.29, 0.717) is 6.61 Å². The molecule has 0 bridgehead atoms. The highest BCUT2D eigenvalue weighted by molar-refractivity contribution is 14.1. The third-order valence-corrected chi connectivity index (χ3v) is 3.50. The Morgan fingerprint density at radius 1 is 1.00 bits per heavy atom. The Labute approximate surface area is 118 Å². The predicted molar refractivity (Wildman–Crippen MR) is 80.8 cm³/mol. The molecule has 0 atom stereocenters. The zero-order valence-electron chi connectivity index (χ0n) is 10.1. The lowest BCUT2D eigenvalue weighted by Crippen LogP contribution is -1.83. The molecule has 92 valence electrons. The van der Waals surface area contributed by atoms with E-state index in [1.165, 1.54) is 22.8 Å². The zero-order chi connectivity index (χ0) is 12.3. The Bertz CT molecular complexity index is 376. The second-order valence-electron chi connectivity index (χ2n) is 4.02. The van der Waals surface area contributed by atoms with Gasteiger partial charge in [0, 0.05) is 22.2 Å². The lowest BCUT2D eigenvalue weighted by atomic mass is 10.1. The van der Waals surface area contributed by atoms with Crippen molar-refractivity contribution in [1.29, 1.82) is 0 Å². The molecule has 0 aliphatic rings. The first-order chi connectivity index (χ1) is 8.34. The van der Waals surface area contributed by atoms with Crippen LogP contribution in [-0.4, -0.2) is 11.7 Å². The van der Waals surface area contributed by atoms with E-state index < -0.39 is 0 Å². The molecule has 0 aliphatic carbocycles. The molecule has 0 saturated carbocycles. The van der Waals surface area contributed by atoms with Crippen LogP contribution in [0.5, 0.6) is 0 Å². The molecular formula is C15H19IO. The second-order valence-corrected chi connectivity index (χ2v) is 5.19. The van der Waals surface area contributed by atoms with E-state index in [2.05, 4.69) is 46.6 Å². The number of aliphatic hydroxyl groups excluding tert-OH is 1. The summed E-state index contributed by atoms with van der Waals surface area (Å²) < 4.78 is 1.22. The molecule has 0 amide bonds.